The predicted molar refractivity (Wildman–Crippen MR) is 132 cm³/mol. The summed E-state index contributed by atoms with van der Waals surface area (Å²) in [6.45, 7) is 4.98. The Balaban J connectivity index is 1.41. The smallest absolute Gasteiger partial charge is 0.254 e. The molecule has 7 nitrogen and oxygen atoms in total. The van der Waals surface area contributed by atoms with Gasteiger partial charge >= 0.3 is 0 Å². The Hall–Kier alpha value is -3.19. The van der Waals surface area contributed by atoms with Gasteiger partial charge in [-0.15, -0.1) is 0 Å². The van der Waals surface area contributed by atoms with Crippen LogP contribution >= 0.6 is 11.6 Å². The van der Waals surface area contributed by atoms with Crippen molar-refractivity contribution in [2.24, 2.45) is 13.0 Å². The number of piperidine rings is 1. The molecule has 1 aliphatic heterocycles. The molecule has 4 aromatic rings. The summed E-state index contributed by atoms with van der Waals surface area (Å²) in [5.74, 6) is 1.12. The van der Waals surface area contributed by atoms with Crippen molar-refractivity contribution in [3.8, 4) is 11.3 Å². The van der Waals surface area contributed by atoms with E-state index in [1.165, 1.54) is 4.80 Å². The fourth-order valence-corrected chi connectivity index (χ4v) is 5.12. The number of rotatable bonds is 5. The molecule has 0 saturated carbocycles. The van der Waals surface area contributed by atoms with Gasteiger partial charge in [0.15, 0.2) is 11.5 Å². The summed E-state index contributed by atoms with van der Waals surface area (Å²) in [5, 5.41) is 9.28. The van der Waals surface area contributed by atoms with Crippen LogP contribution in [0.1, 0.15) is 48.0 Å². The third kappa shape index (κ3) is 4.44. The summed E-state index contributed by atoms with van der Waals surface area (Å²) in [7, 11) is 1.78. The van der Waals surface area contributed by atoms with Crippen LogP contribution in [0.4, 0.5) is 0 Å². The fraction of sp³-hybridized carbons (Fsp3) is 0.385. The van der Waals surface area contributed by atoms with Gasteiger partial charge in [-0.05, 0) is 56.4 Å². The first-order valence-corrected chi connectivity index (χ1v) is 12.1. The Labute approximate surface area is 203 Å². The highest BCUT2D eigenvalue weighted by molar-refractivity contribution is 6.31. The molecule has 5 rings (SSSR count). The van der Waals surface area contributed by atoms with Crippen LogP contribution in [0.2, 0.25) is 5.02 Å². The topological polar surface area (TPSA) is 77.1 Å². The molecule has 1 aliphatic rings. The van der Waals surface area contributed by atoms with Gasteiger partial charge in [0.25, 0.3) is 5.91 Å². The molecule has 2 atom stereocenters. The van der Waals surface area contributed by atoms with Crippen LogP contribution in [0.15, 0.2) is 47.0 Å². The first-order chi connectivity index (χ1) is 16.4. The molecule has 34 heavy (non-hydrogen) atoms. The zero-order valence-electron chi connectivity index (χ0n) is 19.7. The number of nitrogens with zero attached hydrogens (tertiary/aromatic N) is 5. The molecule has 2 aromatic carbocycles. The second-order valence-corrected chi connectivity index (χ2v) is 9.65. The lowest BCUT2D eigenvalue weighted by molar-refractivity contribution is 0.0497. The molecule has 0 N–H and O–H groups in total. The number of aryl methyl sites for hydroxylation is 3. The number of benzene rings is 2. The largest absolute Gasteiger partial charge is 0.441 e. The highest BCUT2D eigenvalue weighted by Crippen LogP contribution is 2.31. The van der Waals surface area contributed by atoms with Gasteiger partial charge in [0.1, 0.15) is 11.2 Å². The highest BCUT2D eigenvalue weighted by Gasteiger charge is 2.33. The molecule has 0 radical (unpaired) electrons. The molecule has 0 bridgehead atoms. The quantitative estimate of drug-likeness (QED) is 0.381. The van der Waals surface area contributed by atoms with E-state index in [1.807, 2.05) is 42.2 Å². The Kier molecular flexibility index (Phi) is 6.13. The molecule has 8 heteroatoms. The lowest BCUT2D eigenvalue weighted by Gasteiger charge is -2.40. The maximum Gasteiger partial charge on any atom is 0.254 e. The van der Waals surface area contributed by atoms with E-state index in [1.54, 1.807) is 19.3 Å². The van der Waals surface area contributed by atoms with Gasteiger partial charge < -0.3 is 9.32 Å². The van der Waals surface area contributed by atoms with Crippen molar-refractivity contribution >= 4 is 28.6 Å². The van der Waals surface area contributed by atoms with E-state index in [0.717, 1.165) is 48.0 Å². The van der Waals surface area contributed by atoms with Crippen LogP contribution in [-0.4, -0.2) is 43.4 Å². The maximum atomic E-state index is 13.9. The summed E-state index contributed by atoms with van der Waals surface area (Å²) in [6, 6.07) is 11.5. The summed E-state index contributed by atoms with van der Waals surface area (Å²) in [4.78, 5) is 22.1. The number of likely N-dealkylation sites (tertiary alicyclic amines) is 1. The van der Waals surface area contributed by atoms with Crippen molar-refractivity contribution in [2.45, 2.75) is 45.6 Å². The van der Waals surface area contributed by atoms with Crippen LogP contribution in [0.5, 0.6) is 0 Å². The minimum absolute atomic E-state index is 0.0465. The standard InChI is InChI=1S/C26H28ClN5O2/c1-16-6-8-19(22-15-28-31(3)30-22)20(13-16)26(33)32-12-4-5-17(2)23(32)9-11-25-29-21-14-18(27)7-10-24(21)34-25/h6-8,10,13-15,17,23H,4-5,9,11-12H2,1-3H3/t17-,23-/m1/s1. The normalized spacial score (nSPS) is 18.5. The van der Waals surface area contributed by atoms with Crippen LogP contribution in [0.3, 0.4) is 0 Å². The van der Waals surface area contributed by atoms with E-state index in [2.05, 4.69) is 22.1 Å². The average Bonchev–Trinajstić information content (AvgIpc) is 3.43. The minimum Gasteiger partial charge on any atom is -0.441 e. The lowest BCUT2D eigenvalue weighted by atomic mass is 9.87. The lowest BCUT2D eigenvalue weighted by Crippen LogP contribution is -2.48. The van der Waals surface area contributed by atoms with Gasteiger partial charge in [-0.2, -0.15) is 15.0 Å². The number of aromatic nitrogens is 4. The van der Waals surface area contributed by atoms with Crippen LogP contribution in [0.25, 0.3) is 22.4 Å². The second kappa shape index (κ2) is 9.22. The number of carbonyl (C=O) groups excluding carboxylic acids is 1. The van der Waals surface area contributed by atoms with Gasteiger partial charge in [0.05, 0.1) is 6.20 Å². The van der Waals surface area contributed by atoms with Crippen molar-refractivity contribution in [1.82, 2.24) is 24.9 Å². The number of carbonyl (C=O) groups is 1. The van der Waals surface area contributed by atoms with E-state index < -0.39 is 0 Å². The first kappa shape index (κ1) is 22.6. The fourth-order valence-electron chi connectivity index (χ4n) is 4.95. The molecule has 0 aliphatic carbocycles. The van der Waals surface area contributed by atoms with Crippen molar-refractivity contribution in [2.75, 3.05) is 6.54 Å². The maximum absolute atomic E-state index is 13.9. The molecule has 0 spiro atoms. The monoisotopic (exact) mass is 477 g/mol. The van der Waals surface area contributed by atoms with Crippen LogP contribution in [-0.2, 0) is 13.5 Å². The average molecular weight is 478 g/mol. The molecule has 0 unspecified atom stereocenters. The molecule has 1 amide bonds. The van der Waals surface area contributed by atoms with E-state index >= 15 is 0 Å². The molecule has 2 aromatic heterocycles. The van der Waals surface area contributed by atoms with Crippen molar-refractivity contribution in [1.29, 1.82) is 0 Å². The van der Waals surface area contributed by atoms with Gasteiger partial charge in [-0.3, -0.25) is 4.79 Å². The molecule has 3 heterocycles. The van der Waals surface area contributed by atoms with E-state index in [4.69, 9.17) is 16.0 Å². The Morgan fingerprint density at radius 1 is 1.24 bits per heavy atom. The van der Waals surface area contributed by atoms with Gasteiger partial charge in [-0.25, -0.2) is 4.98 Å². The van der Waals surface area contributed by atoms with Crippen LogP contribution < -0.4 is 0 Å². The molecule has 176 valence electrons. The highest BCUT2D eigenvalue weighted by atomic mass is 35.5. The summed E-state index contributed by atoms with van der Waals surface area (Å²) in [6.07, 6.45) is 5.26. The number of hydrogen-bond acceptors (Lipinski definition) is 5. The third-order valence-corrected chi connectivity index (χ3v) is 6.94. The number of halogens is 1. The van der Waals surface area contributed by atoms with Gasteiger partial charge in [0, 0.05) is 42.2 Å². The number of fused-ring (bicyclic) bond motifs is 1. The zero-order valence-corrected chi connectivity index (χ0v) is 20.4. The zero-order chi connectivity index (χ0) is 23.8. The van der Waals surface area contributed by atoms with Gasteiger partial charge in [0.2, 0.25) is 0 Å². The predicted octanol–water partition coefficient (Wildman–Crippen LogP) is 5.46. The summed E-state index contributed by atoms with van der Waals surface area (Å²) in [5.41, 5.74) is 4.74. The van der Waals surface area contributed by atoms with E-state index in [-0.39, 0.29) is 11.9 Å². The number of amides is 1. The number of hydrogen-bond donors (Lipinski definition) is 0. The van der Waals surface area contributed by atoms with Crippen molar-refractivity contribution in [3.05, 3.63) is 64.6 Å². The molecule has 1 saturated heterocycles. The minimum atomic E-state index is 0.0465. The Morgan fingerprint density at radius 2 is 2.09 bits per heavy atom. The van der Waals surface area contributed by atoms with E-state index in [9.17, 15) is 4.79 Å². The van der Waals surface area contributed by atoms with Crippen molar-refractivity contribution in [3.63, 3.8) is 0 Å². The number of oxazole rings is 1. The van der Waals surface area contributed by atoms with Crippen LogP contribution in [0, 0.1) is 12.8 Å². The Bertz CT molecular complexity index is 1340. The SMILES string of the molecule is Cc1ccc(-c2cnn(C)n2)c(C(=O)N2CCC[C@@H](C)[C@H]2CCc2nc3cc(Cl)ccc3o2)c1. The molecule has 1 fully saturated rings. The first-order valence-electron chi connectivity index (χ1n) is 11.7. The third-order valence-electron chi connectivity index (χ3n) is 6.71. The van der Waals surface area contributed by atoms with Crippen molar-refractivity contribution < 1.29 is 9.21 Å². The van der Waals surface area contributed by atoms with Gasteiger partial charge in [-0.1, -0.05) is 36.2 Å². The molecular weight excluding hydrogens is 450 g/mol. The Morgan fingerprint density at radius 3 is 2.88 bits per heavy atom. The molecular formula is C26H28ClN5O2. The summed E-state index contributed by atoms with van der Waals surface area (Å²) < 4.78 is 5.93. The van der Waals surface area contributed by atoms with E-state index in [0.29, 0.717) is 34.5 Å². The summed E-state index contributed by atoms with van der Waals surface area (Å²) >= 11 is 6.09. The second-order valence-electron chi connectivity index (χ2n) is 9.21.